The van der Waals surface area contributed by atoms with Crippen LogP contribution in [-0.2, 0) is 11.3 Å². The van der Waals surface area contributed by atoms with E-state index in [0.29, 0.717) is 12.2 Å². The van der Waals surface area contributed by atoms with Crippen LogP contribution in [0.15, 0.2) is 28.8 Å². The highest BCUT2D eigenvalue weighted by molar-refractivity contribution is 7.99. The zero-order chi connectivity index (χ0) is 15.6. The third kappa shape index (κ3) is 2.97. The van der Waals surface area contributed by atoms with E-state index in [9.17, 15) is 14.3 Å². The normalized spacial score (nSPS) is 21.0. The van der Waals surface area contributed by atoms with Crippen LogP contribution in [0.25, 0.3) is 11.5 Å². The van der Waals surface area contributed by atoms with Crippen LogP contribution in [0.4, 0.5) is 4.39 Å². The second kappa shape index (κ2) is 6.05. The van der Waals surface area contributed by atoms with Gasteiger partial charge in [-0.3, -0.25) is 4.79 Å². The van der Waals surface area contributed by atoms with Gasteiger partial charge in [-0.05, 0) is 24.3 Å². The Bertz CT molecular complexity index is 685. The highest BCUT2D eigenvalue weighted by Gasteiger charge is 2.39. The lowest BCUT2D eigenvalue weighted by molar-refractivity contribution is -0.137. The van der Waals surface area contributed by atoms with Gasteiger partial charge in [0.25, 0.3) is 11.8 Å². The number of aromatic nitrogens is 2. The summed E-state index contributed by atoms with van der Waals surface area (Å²) in [6, 6.07) is 6.06. The molecule has 1 aromatic heterocycles. The number of aliphatic hydroxyl groups is 1. The molecule has 116 valence electrons. The van der Waals surface area contributed by atoms with Crippen molar-refractivity contribution in [3.8, 4) is 11.5 Å². The molecule has 0 saturated carbocycles. The Morgan fingerprint density at radius 3 is 3.05 bits per heavy atom. The summed E-state index contributed by atoms with van der Waals surface area (Å²) in [6.45, 7) is 0.0176. The van der Waals surface area contributed by atoms with Crippen LogP contribution in [0, 0.1) is 5.82 Å². The topological polar surface area (TPSA) is 88.3 Å². The number of rotatable bonds is 4. The number of nitrogens with zero attached hydrogens (tertiary/aromatic N) is 2. The van der Waals surface area contributed by atoms with Gasteiger partial charge in [0.15, 0.2) is 11.4 Å². The number of amides is 1. The van der Waals surface area contributed by atoms with E-state index in [4.69, 9.17) is 4.52 Å². The fraction of sp³-hybridized carbons (Fsp3) is 0.357. The third-order valence-electron chi connectivity index (χ3n) is 3.40. The van der Waals surface area contributed by atoms with Crippen LogP contribution in [0.5, 0.6) is 0 Å². The van der Waals surface area contributed by atoms with Gasteiger partial charge >= 0.3 is 0 Å². The van der Waals surface area contributed by atoms with Gasteiger partial charge in [0.2, 0.25) is 0 Å². The highest BCUT2D eigenvalue weighted by atomic mass is 32.2. The molecule has 2 N–H and O–H groups in total. The largest absolute Gasteiger partial charge is 0.379 e. The highest BCUT2D eigenvalue weighted by Crippen LogP contribution is 2.28. The lowest BCUT2D eigenvalue weighted by atomic mass is 10.0. The Hall–Kier alpha value is -1.93. The van der Waals surface area contributed by atoms with Gasteiger partial charge in [-0.1, -0.05) is 17.3 Å². The van der Waals surface area contributed by atoms with Crippen LogP contribution < -0.4 is 5.32 Å². The van der Waals surface area contributed by atoms with Crippen molar-refractivity contribution in [3.05, 3.63) is 35.9 Å². The van der Waals surface area contributed by atoms with E-state index in [0.717, 1.165) is 5.75 Å². The molecule has 1 unspecified atom stereocenters. The van der Waals surface area contributed by atoms with Crippen molar-refractivity contribution in [1.29, 1.82) is 0 Å². The van der Waals surface area contributed by atoms with E-state index in [-0.39, 0.29) is 23.8 Å². The SMILES string of the molecule is O=C(NCc1noc(-c2ccccc2F)n1)C1(O)CCSC1. The number of benzene rings is 1. The molecule has 0 bridgehead atoms. The first kappa shape index (κ1) is 15.0. The van der Waals surface area contributed by atoms with Gasteiger partial charge in [-0.25, -0.2) is 4.39 Å². The predicted molar refractivity (Wildman–Crippen MR) is 78.4 cm³/mol. The van der Waals surface area contributed by atoms with Crippen LogP contribution in [0.1, 0.15) is 12.2 Å². The number of halogens is 1. The van der Waals surface area contributed by atoms with Gasteiger partial charge < -0.3 is 14.9 Å². The first-order valence-corrected chi connectivity index (χ1v) is 7.90. The Balaban J connectivity index is 1.65. The van der Waals surface area contributed by atoms with Crippen molar-refractivity contribution >= 4 is 17.7 Å². The smallest absolute Gasteiger partial charge is 0.260 e. The van der Waals surface area contributed by atoms with Crippen molar-refractivity contribution < 1.29 is 18.8 Å². The molecule has 8 heteroatoms. The maximum Gasteiger partial charge on any atom is 0.260 e. The third-order valence-corrected chi connectivity index (χ3v) is 4.58. The van der Waals surface area contributed by atoms with Crippen molar-refractivity contribution in [2.75, 3.05) is 11.5 Å². The van der Waals surface area contributed by atoms with Crippen molar-refractivity contribution in [2.24, 2.45) is 0 Å². The summed E-state index contributed by atoms with van der Waals surface area (Å²) in [5.41, 5.74) is -1.12. The average molecular weight is 323 g/mol. The molecule has 2 aromatic rings. The first-order valence-electron chi connectivity index (χ1n) is 6.74. The molecule has 2 heterocycles. The summed E-state index contributed by atoms with van der Waals surface area (Å²) < 4.78 is 18.6. The van der Waals surface area contributed by atoms with Gasteiger partial charge in [-0.15, -0.1) is 0 Å². The summed E-state index contributed by atoms with van der Waals surface area (Å²) in [7, 11) is 0. The fourth-order valence-corrected chi connectivity index (χ4v) is 3.37. The fourth-order valence-electron chi connectivity index (χ4n) is 2.13. The number of thioether (sulfide) groups is 1. The minimum Gasteiger partial charge on any atom is -0.379 e. The summed E-state index contributed by atoms with van der Waals surface area (Å²) in [6.07, 6.45) is 0.427. The van der Waals surface area contributed by atoms with Gasteiger partial charge in [0.1, 0.15) is 5.82 Å². The molecule has 1 fully saturated rings. The summed E-state index contributed by atoms with van der Waals surface area (Å²) >= 11 is 1.53. The number of hydrogen-bond acceptors (Lipinski definition) is 6. The standard InChI is InChI=1S/C14H14FN3O3S/c15-10-4-2-1-3-9(10)12-17-11(18-21-12)7-16-13(19)14(20)5-6-22-8-14/h1-4,20H,5-8H2,(H,16,19). The van der Waals surface area contributed by atoms with Crippen LogP contribution >= 0.6 is 11.8 Å². The molecule has 1 aliphatic heterocycles. The predicted octanol–water partition coefficient (Wildman–Crippen LogP) is 1.36. The van der Waals surface area contributed by atoms with Gasteiger partial charge in [0.05, 0.1) is 12.1 Å². The molecule has 1 atom stereocenters. The van der Waals surface area contributed by atoms with E-state index in [1.54, 1.807) is 12.1 Å². The Labute approximate surface area is 130 Å². The second-order valence-electron chi connectivity index (χ2n) is 5.01. The van der Waals surface area contributed by atoms with Crippen LogP contribution in [-0.4, -0.2) is 38.3 Å². The average Bonchev–Trinajstić information content (AvgIpc) is 3.15. The molecule has 0 aliphatic carbocycles. The maximum atomic E-state index is 13.6. The summed E-state index contributed by atoms with van der Waals surface area (Å²) in [4.78, 5) is 16.0. The molecular formula is C14H14FN3O3S. The zero-order valence-electron chi connectivity index (χ0n) is 11.6. The van der Waals surface area contributed by atoms with Crippen LogP contribution in [0.2, 0.25) is 0 Å². The minimum absolute atomic E-state index is 0.0176. The molecule has 3 rings (SSSR count). The minimum atomic E-state index is -1.33. The molecule has 1 saturated heterocycles. The van der Waals surface area contributed by atoms with E-state index in [1.807, 2.05) is 0 Å². The molecule has 1 amide bonds. The lowest BCUT2D eigenvalue weighted by Gasteiger charge is -2.19. The quantitative estimate of drug-likeness (QED) is 0.883. The summed E-state index contributed by atoms with van der Waals surface area (Å²) in [5.74, 6) is 0.502. The van der Waals surface area contributed by atoms with E-state index in [1.165, 1.54) is 23.9 Å². The molecule has 22 heavy (non-hydrogen) atoms. The van der Waals surface area contributed by atoms with Crippen molar-refractivity contribution in [2.45, 2.75) is 18.6 Å². The molecule has 0 radical (unpaired) electrons. The number of carbonyl (C=O) groups is 1. The second-order valence-corrected chi connectivity index (χ2v) is 6.12. The molecule has 1 aliphatic rings. The zero-order valence-corrected chi connectivity index (χ0v) is 12.4. The van der Waals surface area contributed by atoms with Crippen molar-refractivity contribution in [1.82, 2.24) is 15.5 Å². The van der Waals surface area contributed by atoms with Crippen molar-refractivity contribution in [3.63, 3.8) is 0 Å². The Morgan fingerprint density at radius 2 is 2.32 bits per heavy atom. The Kier molecular flexibility index (Phi) is 4.12. The van der Waals surface area contributed by atoms with Crippen LogP contribution in [0.3, 0.4) is 0 Å². The lowest BCUT2D eigenvalue weighted by Crippen LogP contribution is -2.46. The van der Waals surface area contributed by atoms with E-state index >= 15 is 0 Å². The summed E-state index contributed by atoms with van der Waals surface area (Å²) in [5, 5.41) is 16.4. The molecule has 6 nitrogen and oxygen atoms in total. The maximum absolute atomic E-state index is 13.6. The molecular weight excluding hydrogens is 309 g/mol. The molecule has 0 spiro atoms. The monoisotopic (exact) mass is 323 g/mol. The van der Waals surface area contributed by atoms with Gasteiger partial charge in [0, 0.05) is 5.75 Å². The number of carbonyl (C=O) groups excluding carboxylic acids is 1. The molecule has 1 aromatic carbocycles. The first-order chi connectivity index (χ1) is 10.6. The number of hydrogen-bond donors (Lipinski definition) is 2. The number of nitrogens with one attached hydrogen (secondary N) is 1. The van der Waals surface area contributed by atoms with E-state index in [2.05, 4.69) is 15.5 Å². The Morgan fingerprint density at radius 1 is 1.50 bits per heavy atom. The van der Waals surface area contributed by atoms with E-state index < -0.39 is 17.3 Å². The van der Waals surface area contributed by atoms with Gasteiger partial charge in [-0.2, -0.15) is 16.7 Å².